The summed E-state index contributed by atoms with van der Waals surface area (Å²) in [6, 6.07) is 5.82. The summed E-state index contributed by atoms with van der Waals surface area (Å²) in [6.45, 7) is 5.41. The molecule has 0 saturated heterocycles. The molecule has 0 radical (unpaired) electrons. The monoisotopic (exact) mass is 305 g/mol. The summed E-state index contributed by atoms with van der Waals surface area (Å²) in [5.74, 6) is 0. The third kappa shape index (κ3) is 5.30. The minimum Gasteiger partial charge on any atom is -0.382 e. The average molecular weight is 307 g/mol. The summed E-state index contributed by atoms with van der Waals surface area (Å²) in [6.07, 6.45) is 1.03. The van der Waals surface area contributed by atoms with E-state index in [0.717, 1.165) is 42.2 Å². The normalized spacial score (nSPS) is 10.7. The van der Waals surface area contributed by atoms with Gasteiger partial charge >= 0.3 is 0 Å². The third-order valence-corrected chi connectivity index (χ3v) is 3.18. The maximum atomic E-state index is 5.93. The van der Waals surface area contributed by atoms with Gasteiger partial charge < -0.3 is 10.1 Å². The van der Waals surface area contributed by atoms with Crippen LogP contribution < -0.4 is 5.32 Å². The zero-order valence-corrected chi connectivity index (χ0v) is 11.8. The Morgan fingerprint density at radius 2 is 2.25 bits per heavy atom. The molecule has 0 aliphatic heterocycles. The van der Waals surface area contributed by atoms with Gasteiger partial charge in [0.15, 0.2) is 0 Å². The third-order valence-electron chi connectivity index (χ3n) is 2.17. The molecule has 0 unspecified atom stereocenters. The van der Waals surface area contributed by atoms with E-state index in [1.165, 1.54) is 5.56 Å². The lowest BCUT2D eigenvalue weighted by molar-refractivity contribution is 0.144. The SMILES string of the molecule is CCOCCCNCc1cc(Cl)ccc1Br. The van der Waals surface area contributed by atoms with Crippen molar-refractivity contribution in [2.24, 2.45) is 0 Å². The van der Waals surface area contributed by atoms with Gasteiger partial charge in [0.2, 0.25) is 0 Å². The van der Waals surface area contributed by atoms with Crippen LogP contribution in [0.2, 0.25) is 5.02 Å². The van der Waals surface area contributed by atoms with Gasteiger partial charge in [-0.3, -0.25) is 0 Å². The van der Waals surface area contributed by atoms with Crippen LogP contribution in [0.5, 0.6) is 0 Å². The quantitative estimate of drug-likeness (QED) is 0.777. The molecule has 0 aliphatic rings. The molecule has 0 heterocycles. The summed E-state index contributed by atoms with van der Waals surface area (Å²) in [7, 11) is 0. The van der Waals surface area contributed by atoms with Gasteiger partial charge in [0.25, 0.3) is 0 Å². The van der Waals surface area contributed by atoms with Crippen molar-refractivity contribution < 1.29 is 4.74 Å². The molecule has 0 fully saturated rings. The second-order valence-corrected chi connectivity index (χ2v) is 4.75. The molecule has 0 aromatic heterocycles. The molecular formula is C12H17BrClNO. The fraction of sp³-hybridized carbons (Fsp3) is 0.500. The highest BCUT2D eigenvalue weighted by Crippen LogP contribution is 2.20. The van der Waals surface area contributed by atoms with Crippen LogP contribution in [0.25, 0.3) is 0 Å². The van der Waals surface area contributed by atoms with E-state index in [1.54, 1.807) is 0 Å². The molecule has 0 aliphatic carbocycles. The van der Waals surface area contributed by atoms with Gasteiger partial charge in [-0.05, 0) is 43.7 Å². The fourth-order valence-corrected chi connectivity index (χ4v) is 1.93. The molecule has 16 heavy (non-hydrogen) atoms. The lowest BCUT2D eigenvalue weighted by Crippen LogP contribution is -2.16. The summed E-state index contributed by atoms with van der Waals surface area (Å²) in [5.41, 5.74) is 1.18. The van der Waals surface area contributed by atoms with Crippen molar-refractivity contribution in [2.75, 3.05) is 19.8 Å². The molecule has 1 rings (SSSR count). The Morgan fingerprint density at radius 1 is 1.44 bits per heavy atom. The highest BCUT2D eigenvalue weighted by atomic mass is 79.9. The first kappa shape index (κ1) is 14.0. The Morgan fingerprint density at radius 3 is 3.00 bits per heavy atom. The predicted molar refractivity (Wildman–Crippen MR) is 72.0 cm³/mol. The van der Waals surface area contributed by atoms with E-state index in [9.17, 15) is 0 Å². The minimum absolute atomic E-state index is 0.773. The van der Waals surface area contributed by atoms with Crippen LogP contribution >= 0.6 is 27.5 Å². The predicted octanol–water partition coefficient (Wildman–Crippen LogP) is 3.62. The van der Waals surface area contributed by atoms with Gasteiger partial charge in [-0.25, -0.2) is 0 Å². The first-order valence-corrected chi connectivity index (χ1v) is 6.63. The number of hydrogen-bond acceptors (Lipinski definition) is 2. The molecule has 0 amide bonds. The van der Waals surface area contributed by atoms with Crippen molar-refractivity contribution >= 4 is 27.5 Å². The van der Waals surface area contributed by atoms with E-state index in [0.29, 0.717) is 0 Å². The molecule has 0 atom stereocenters. The standard InChI is InChI=1S/C12H17BrClNO/c1-2-16-7-3-6-15-9-10-8-11(14)4-5-12(10)13/h4-5,8,15H,2-3,6-7,9H2,1H3. The first-order chi connectivity index (χ1) is 7.74. The van der Waals surface area contributed by atoms with E-state index in [4.69, 9.17) is 16.3 Å². The molecule has 4 heteroatoms. The van der Waals surface area contributed by atoms with Gasteiger partial charge in [-0.15, -0.1) is 0 Å². The molecule has 0 spiro atoms. The van der Waals surface area contributed by atoms with E-state index in [-0.39, 0.29) is 0 Å². The van der Waals surface area contributed by atoms with Gasteiger partial charge in [0, 0.05) is 29.3 Å². The molecule has 0 bridgehead atoms. The zero-order chi connectivity index (χ0) is 11.8. The molecule has 0 saturated carbocycles. The van der Waals surface area contributed by atoms with Crippen LogP contribution in [0, 0.1) is 0 Å². The van der Waals surface area contributed by atoms with Crippen LogP contribution in [0.3, 0.4) is 0 Å². The van der Waals surface area contributed by atoms with Crippen LogP contribution in [-0.2, 0) is 11.3 Å². The van der Waals surface area contributed by atoms with Gasteiger partial charge in [0.1, 0.15) is 0 Å². The molecule has 1 aromatic carbocycles. The van der Waals surface area contributed by atoms with Crippen molar-refractivity contribution in [1.82, 2.24) is 5.32 Å². The summed E-state index contributed by atoms with van der Waals surface area (Å²) in [5, 5.41) is 4.13. The Bertz CT molecular complexity index is 320. The molecule has 1 N–H and O–H groups in total. The van der Waals surface area contributed by atoms with Gasteiger partial charge in [0.05, 0.1) is 0 Å². The lowest BCUT2D eigenvalue weighted by atomic mass is 10.2. The van der Waals surface area contributed by atoms with Crippen LogP contribution in [0.4, 0.5) is 0 Å². The Labute approximate surface area is 110 Å². The van der Waals surface area contributed by atoms with Crippen molar-refractivity contribution in [3.63, 3.8) is 0 Å². The molecule has 1 aromatic rings. The molecule has 2 nitrogen and oxygen atoms in total. The second-order valence-electron chi connectivity index (χ2n) is 3.46. The number of hydrogen-bond donors (Lipinski definition) is 1. The van der Waals surface area contributed by atoms with Gasteiger partial charge in [-0.2, -0.15) is 0 Å². The number of ether oxygens (including phenoxy) is 1. The van der Waals surface area contributed by atoms with Crippen LogP contribution in [0.15, 0.2) is 22.7 Å². The number of nitrogens with one attached hydrogen (secondary N) is 1. The van der Waals surface area contributed by atoms with Crippen molar-refractivity contribution in [3.8, 4) is 0 Å². The molecule has 90 valence electrons. The maximum absolute atomic E-state index is 5.93. The Balaban J connectivity index is 2.23. The Kier molecular flexibility index (Phi) is 7.05. The average Bonchev–Trinajstić information content (AvgIpc) is 2.28. The van der Waals surface area contributed by atoms with E-state index < -0.39 is 0 Å². The highest BCUT2D eigenvalue weighted by Gasteiger charge is 2.00. The minimum atomic E-state index is 0.773. The Hall–Kier alpha value is -0.0900. The van der Waals surface area contributed by atoms with Crippen LogP contribution in [-0.4, -0.2) is 19.8 Å². The summed E-state index contributed by atoms with van der Waals surface area (Å²) in [4.78, 5) is 0. The number of rotatable bonds is 7. The summed E-state index contributed by atoms with van der Waals surface area (Å²) < 4.78 is 6.35. The number of benzene rings is 1. The molecular weight excluding hydrogens is 289 g/mol. The second kappa shape index (κ2) is 8.07. The fourth-order valence-electron chi connectivity index (χ4n) is 1.35. The van der Waals surface area contributed by atoms with Crippen molar-refractivity contribution in [2.45, 2.75) is 19.9 Å². The lowest BCUT2D eigenvalue weighted by Gasteiger charge is -2.07. The van der Waals surface area contributed by atoms with Crippen LogP contribution in [0.1, 0.15) is 18.9 Å². The number of halogens is 2. The topological polar surface area (TPSA) is 21.3 Å². The van der Waals surface area contributed by atoms with E-state index in [1.807, 2.05) is 25.1 Å². The summed E-state index contributed by atoms with van der Waals surface area (Å²) >= 11 is 9.43. The van der Waals surface area contributed by atoms with E-state index in [2.05, 4.69) is 21.2 Å². The highest BCUT2D eigenvalue weighted by molar-refractivity contribution is 9.10. The first-order valence-electron chi connectivity index (χ1n) is 5.46. The van der Waals surface area contributed by atoms with Gasteiger partial charge in [-0.1, -0.05) is 27.5 Å². The van der Waals surface area contributed by atoms with E-state index >= 15 is 0 Å². The van der Waals surface area contributed by atoms with Crippen molar-refractivity contribution in [1.29, 1.82) is 0 Å². The smallest absolute Gasteiger partial charge is 0.0477 e. The zero-order valence-electron chi connectivity index (χ0n) is 9.43. The van der Waals surface area contributed by atoms with Crippen molar-refractivity contribution in [3.05, 3.63) is 33.3 Å². The largest absolute Gasteiger partial charge is 0.382 e. The maximum Gasteiger partial charge on any atom is 0.0477 e.